The van der Waals surface area contributed by atoms with Crippen LogP contribution in [0.25, 0.3) is 0 Å². The number of aryl methyl sites for hydroxylation is 1. The fraction of sp³-hybridized carbons (Fsp3) is 0.733. The SMILES string of the molecule is CC(C)c1cc(C(=O)N2CCCCCCC2)n(C)n1. The maximum atomic E-state index is 12.6. The molecule has 0 N–H and O–H groups in total. The van der Waals surface area contributed by atoms with Gasteiger partial charge in [-0.05, 0) is 24.8 Å². The monoisotopic (exact) mass is 263 g/mol. The molecule has 0 aliphatic carbocycles. The summed E-state index contributed by atoms with van der Waals surface area (Å²) in [6, 6.07) is 1.95. The van der Waals surface area contributed by atoms with Gasteiger partial charge in [0.05, 0.1) is 5.69 Å². The van der Waals surface area contributed by atoms with Crippen molar-refractivity contribution in [2.24, 2.45) is 7.05 Å². The first kappa shape index (κ1) is 14.1. The molecule has 0 radical (unpaired) electrons. The second-order valence-electron chi connectivity index (χ2n) is 5.79. The number of likely N-dealkylation sites (tertiary alicyclic amines) is 1. The van der Waals surface area contributed by atoms with E-state index in [9.17, 15) is 4.79 Å². The van der Waals surface area contributed by atoms with Crippen molar-refractivity contribution in [2.75, 3.05) is 13.1 Å². The van der Waals surface area contributed by atoms with Gasteiger partial charge in [-0.25, -0.2) is 0 Å². The first-order valence-electron chi connectivity index (χ1n) is 7.43. The Hall–Kier alpha value is -1.32. The van der Waals surface area contributed by atoms with Crippen molar-refractivity contribution in [3.05, 3.63) is 17.5 Å². The van der Waals surface area contributed by atoms with Crippen LogP contribution < -0.4 is 0 Å². The van der Waals surface area contributed by atoms with Crippen molar-refractivity contribution < 1.29 is 4.79 Å². The van der Waals surface area contributed by atoms with Crippen LogP contribution in [0.3, 0.4) is 0 Å². The summed E-state index contributed by atoms with van der Waals surface area (Å²) in [4.78, 5) is 14.6. The summed E-state index contributed by atoms with van der Waals surface area (Å²) in [5, 5.41) is 4.44. The van der Waals surface area contributed by atoms with Crippen LogP contribution in [0, 0.1) is 0 Å². The van der Waals surface area contributed by atoms with Crippen molar-refractivity contribution in [2.45, 2.75) is 51.9 Å². The molecule has 4 nitrogen and oxygen atoms in total. The van der Waals surface area contributed by atoms with Crippen molar-refractivity contribution in [1.29, 1.82) is 0 Å². The number of amides is 1. The molecule has 0 aromatic carbocycles. The molecule has 0 saturated carbocycles. The van der Waals surface area contributed by atoms with E-state index in [2.05, 4.69) is 18.9 Å². The van der Waals surface area contributed by atoms with Gasteiger partial charge >= 0.3 is 0 Å². The van der Waals surface area contributed by atoms with E-state index in [0.29, 0.717) is 5.92 Å². The van der Waals surface area contributed by atoms with Crippen LogP contribution in [0.4, 0.5) is 0 Å². The lowest BCUT2D eigenvalue weighted by Gasteiger charge is -2.24. The van der Waals surface area contributed by atoms with Crippen LogP contribution in [0.5, 0.6) is 0 Å². The normalized spacial score (nSPS) is 17.4. The Labute approximate surface area is 115 Å². The minimum atomic E-state index is 0.142. The van der Waals surface area contributed by atoms with Crippen molar-refractivity contribution >= 4 is 5.91 Å². The predicted octanol–water partition coefficient (Wildman–Crippen LogP) is 2.95. The van der Waals surface area contributed by atoms with Crippen molar-refractivity contribution in [3.8, 4) is 0 Å². The predicted molar refractivity (Wildman–Crippen MR) is 76.3 cm³/mol. The summed E-state index contributed by atoms with van der Waals surface area (Å²) in [7, 11) is 1.86. The van der Waals surface area contributed by atoms with Gasteiger partial charge in [0, 0.05) is 20.1 Å². The zero-order valence-corrected chi connectivity index (χ0v) is 12.4. The van der Waals surface area contributed by atoms with E-state index >= 15 is 0 Å². The zero-order valence-electron chi connectivity index (χ0n) is 12.4. The van der Waals surface area contributed by atoms with Crippen LogP contribution in [-0.2, 0) is 7.05 Å². The highest BCUT2D eigenvalue weighted by molar-refractivity contribution is 5.92. The van der Waals surface area contributed by atoms with E-state index in [1.54, 1.807) is 4.68 Å². The minimum absolute atomic E-state index is 0.142. The second-order valence-corrected chi connectivity index (χ2v) is 5.79. The van der Waals surface area contributed by atoms with Crippen LogP contribution in [0.15, 0.2) is 6.07 Å². The van der Waals surface area contributed by atoms with E-state index < -0.39 is 0 Å². The smallest absolute Gasteiger partial charge is 0.272 e. The Balaban J connectivity index is 2.13. The maximum absolute atomic E-state index is 12.6. The highest BCUT2D eigenvalue weighted by atomic mass is 16.2. The number of hydrogen-bond acceptors (Lipinski definition) is 2. The fourth-order valence-corrected chi connectivity index (χ4v) is 2.58. The number of nitrogens with zero attached hydrogens (tertiary/aromatic N) is 3. The van der Waals surface area contributed by atoms with Gasteiger partial charge in [-0.1, -0.05) is 33.1 Å². The van der Waals surface area contributed by atoms with E-state index in [-0.39, 0.29) is 5.91 Å². The molecule has 2 rings (SSSR count). The van der Waals surface area contributed by atoms with Gasteiger partial charge in [0.25, 0.3) is 5.91 Å². The summed E-state index contributed by atoms with van der Waals surface area (Å²) < 4.78 is 1.73. The van der Waals surface area contributed by atoms with Crippen LogP contribution in [-0.4, -0.2) is 33.7 Å². The standard InChI is InChI=1S/C15H25N3O/c1-12(2)13-11-14(17(3)16-13)15(19)18-9-7-5-4-6-8-10-18/h11-12H,4-10H2,1-3H3. The van der Waals surface area contributed by atoms with Gasteiger partial charge in [-0.15, -0.1) is 0 Å². The average molecular weight is 263 g/mol. The van der Waals surface area contributed by atoms with Gasteiger partial charge in [-0.3, -0.25) is 9.48 Å². The molecule has 0 atom stereocenters. The highest BCUT2D eigenvalue weighted by Crippen LogP contribution is 2.17. The number of rotatable bonds is 2. The van der Waals surface area contributed by atoms with Crippen molar-refractivity contribution in [3.63, 3.8) is 0 Å². The van der Waals surface area contributed by atoms with E-state index in [4.69, 9.17) is 0 Å². The average Bonchev–Trinajstić information content (AvgIpc) is 2.70. The van der Waals surface area contributed by atoms with Gasteiger partial charge < -0.3 is 4.90 Å². The first-order valence-corrected chi connectivity index (χ1v) is 7.43. The Morgan fingerprint density at radius 3 is 2.26 bits per heavy atom. The van der Waals surface area contributed by atoms with Crippen LogP contribution >= 0.6 is 0 Å². The van der Waals surface area contributed by atoms with Crippen molar-refractivity contribution in [1.82, 2.24) is 14.7 Å². The molecule has 4 heteroatoms. The molecule has 1 aromatic rings. The lowest BCUT2D eigenvalue weighted by atomic mass is 10.1. The molecular formula is C15H25N3O. The summed E-state index contributed by atoms with van der Waals surface area (Å²) in [5.74, 6) is 0.504. The molecule has 1 amide bonds. The molecule has 1 aliphatic heterocycles. The largest absolute Gasteiger partial charge is 0.337 e. The van der Waals surface area contributed by atoms with Gasteiger partial charge in [0.15, 0.2) is 0 Å². The molecule has 106 valence electrons. The van der Waals surface area contributed by atoms with Gasteiger partial charge in [-0.2, -0.15) is 5.10 Å². The number of carbonyl (C=O) groups is 1. The third kappa shape index (κ3) is 3.37. The molecule has 2 heterocycles. The molecule has 1 aromatic heterocycles. The Bertz CT molecular complexity index is 429. The molecule has 1 fully saturated rings. The Morgan fingerprint density at radius 2 is 1.74 bits per heavy atom. The summed E-state index contributed by atoms with van der Waals surface area (Å²) in [6.07, 6.45) is 6.05. The minimum Gasteiger partial charge on any atom is -0.337 e. The van der Waals surface area contributed by atoms with Gasteiger partial charge in [0.1, 0.15) is 5.69 Å². The second kappa shape index (κ2) is 6.22. The maximum Gasteiger partial charge on any atom is 0.272 e. The third-order valence-electron chi connectivity index (χ3n) is 3.85. The molecule has 0 unspecified atom stereocenters. The van der Waals surface area contributed by atoms with Gasteiger partial charge in [0.2, 0.25) is 0 Å². The molecule has 19 heavy (non-hydrogen) atoms. The fourth-order valence-electron chi connectivity index (χ4n) is 2.58. The van der Waals surface area contributed by atoms with E-state index in [1.807, 2.05) is 18.0 Å². The summed E-state index contributed by atoms with van der Waals surface area (Å²) in [6.45, 7) is 5.99. The van der Waals surface area contributed by atoms with E-state index in [0.717, 1.165) is 37.3 Å². The molecule has 0 bridgehead atoms. The summed E-state index contributed by atoms with van der Waals surface area (Å²) in [5.41, 5.74) is 1.72. The molecular weight excluding hydrogens is 238 g/mol. The van der Waals surface area contributed by atoms with E-state index in [1.165, 1.54) is 19.3 Å². The first-order chi connectivity index (χ1) is 9.09. The summed E-state index contributed by atoms with van der Waals surface area (Å²) >= 11 is 0. The Morgan fingerprint density at radius 1 is 1.16 bits per heavy atom. The molecule has 1 aliphatic rings. The third-order valence-corrected chi connectivity index (χ3v) is 3.85. The topological polar surface area (TPSA) is 38.1 Å². The van der Waals surface area contributed by atoms with Crippen LogP contribution in [0.2, 0.25) is 0 Å². The lowest BCUT2D eigenvalue weighted by molar-refractivity contribution is 0.0731. The number of hydrogen-bond donors (Lipinski definition) is 0. The Kier molecular flexibility index (Phi) is 4.61. The quantitative estimate of drug-likeness (QED) is 0.822. The number of carbonyl (C=O) groups excluding carboxylic acids is 1. The highest BCUT2D eigenvalue weighted by Gasteiger charge is 2.21. The zero-order chi connectivity index (χ0) is 13.8. The van der Waals surface area contributed by atoms with Crippen LogP contribution in [0.1, 0.15) is 68.1 Å². The molecule has 1 saturated heterocycles. The number of aromatic nitrogens is 2. The molecule has 0 spiro atoms. The lowest BCUT2D eigenvalue weighted by Crippen LogP contribution is -2.34.